The van der Waals surface area contributed by atoms with Crippen LogP contribution in [0.15, 0.2) is 23.8 Å². The minimum absolute atomic E-state index is 1.15. The van der Waals surface area contributed by atoms with Crippen molar-refractivity contribution in [3.8, 4) is 0 Å². The molecule has 0 fully saturated rings. The van der Waals surface area contributed by atoms with Crippen LogP contribution in [0, 0.1) is 0 Å². The van der Waals surface area contributed by atoms with Crippen molar-refractivity contribution in [1.29, 1.82) is 0 Å². The van der Waals surface area contributed by atoms with Gasteiger partial charge in [0.25, 0.3) is 0 Å². The number of rotatable bonds is 2. The van der Waals surface area contributed by atoms with Gasteiger partial charge in [0.1, 0.15) is 0 Å². The number of hydrogen-bond donors (Lipinski definition) is 0. The van der Waals surface area contributed by atoms with Gasteiger partial charge in [-0.2, -0.15) is 0 Å². The van der Waals surface area contributed by atoms with Gasteiger partial charge in [0.2, 0.25) is 0 Å². The number of allylic oxidation sites excluding steroid dienone is 4. The third-order valence-electron chi connectivity index (χ3n) is 1.28. The summed E-state index contributed by atoms with van der Waals surface area (Å²) in [7, 11) is 2.73. The summed E-state index contributed by atoms with van der Waals surface area (Å²) in [5, 5.41) is 0. The van der Waals surface area contributed by atoms with E-state index in [0.29, 0.717) is 0 Å². The smallest absolute Gasteiger partial charge is 0.0160 e. The predicted octanol–water partition coefficient (Wildman–Crippen LogP) is 2.14. The van der Waals surface area contributed by atoms with Crippen molar-refractivity contribution in [1.82, 2.24) is 0 Å². The highest BCUT2D eigenvalue weighted by Gasteiger charge is 1.93. The van der Waals surface area contributed by atoms with Crippen LogP contribution in [0.2, 0.25) is 0 Å². The molecule has 1 aliphatic rings. The first-order chi connectivity index (χ1) is 3.93. The van der Waals surface area contributed by atoms with E-state index < -0.39 is 0 Å². The Bertz CT molecular complexity index is 122. The van der Waals surface area contributed by atoms with Crippen LogP contribution in [-0.2, 0) is 0 Å². The summed E-state index contributed by atoms with van der Waals surface area (Å²) in [6, 6.07) is 0. The fraction of sp³-hybridized carbons (Fsp3) is 0.429. The molecule has 0 radical (unpaired) electrons. The standard InChI is InChI=1S/C7H11P/c8-6-5-7-3-1-2-4-7/h1,3-4H,2,5-6,8H2. The average Bonchev–Trinajstić information content (AvgIpc) is 2.19. The summed E-state index contributed by atoms with van der Waals surface area (Å²) < 4.78 is 0. The van der Waals surface area contributed by atoms with Crippen LogP contribution in [0.4, 0.5) is 0 Å². The van der Waals surface area contributed by atoms with E-state index in [0.717, 1.165) is 6.42 Å². The summed E-state index contributed by atoms with van der Waals surface area (Å²) in [4.78, 5) is 0. The monoisotopic (exact) mass is 126 g/mol. The summed E-state index contributed by atoms with van der Waals surface area (Å²) in [6.07, 6.45) is 10.3. The molecule has 8 heavy (non-hydrogen) atoms. The van der Waals surface area contributed by atoms with Gasteiger partial charge in [-0.3, -0.25) is 0 Å². The van der Waals surface area contributed by atoms with Crippen molar-refractivity contribution in [3.05, 3.63) is 23.8 Å². The van der Waals surface area contributed by atoms with Gasteiger partial charge in [-0.05, 0) is 19.0 Å². The van der Waals surface area contributed by atoms with Crippen LogP contribution in [-0.4, -0.2) is 6.16 Å². The molecule has 0 aliphatic heterocycles. The first-order valence-corrected chi connectivity index (χ1v) is 3.81. The van der Waals surface area contributed by atoms with Crippen LogP contribution >= 0.6 is 9.24 Å². The molecule has 0 aromatic heterocycles. The Morgan fingerprint density at radius 3 is 3.00 bits per heavy atom. The minimum atomic E-state index is 1.15. The molecule has 0 aromatic carbocycles. The second-order valence-corrected chi connectivity index (χ2v) is 2.53. The highest BCUT2D eigenvalue weighted by molar-refractivity contribution is 7.16. The van der Waals surface area contributed by atoms with E-state index in [2.05, 4.69) is 27.5 Å². The zero-order valence-electron chi connectivity index (χ0n) is 4.93. The Kier molecular flexibility index (Phi) is 2.29. The zero-order chi connectivity index (χ0) is 5.82. The average molecular weight is 126 g/mol. The van der Waals surface area contributed by atoms with Gasteiger partial charge >= 0.3 is 0 Å². The van der Waals surface area contributed by atoms with E-state index in [1.54, 1.807) is 0 Å². The molecule has 1 heteroatoms. The molecule has 0 aromatic rings. The van der Waals surface area contributed by atoms with Crippen molar-refractivity contribution in [2.45, 2.75) is 12.8 Å². The van der Waals surface area contributed by atoms with E-state index >= 15 is 0 Å². The Morgan fingerprint density at radius 2 is 2.50 bits per heavy atom. The number of hydrogen-bond acceptors (Lipinski definition) is 0. The highest BCUT2D eigenvalue weighted by Crippen LogP contribution is 2.12. The SMILES string of the molecule is PCCC1=CCC=C1. The lowest BCUT2D eigenvalue weighted by Gasteiger charge is -1.90. The Balaban J connectivity index is 2.34. The lowest BCUT2D eigenvalue weighted by atomic mass is 10.2. The van der Waals surface area contributed by atoms with E-state index in [9.17, 15) is 0 Å². The molecule has 0 saturated heterocycles. The van der Waals surface area contributed by atoms with Gasteiger partial charge in [0.15, 0.2) is 0 Å². The second kappa shape index (κ2) is 3.04. The van der Waals surface area contributed by atoms with Crippen LogP contribution in [0.25, 0.3) is 0 Å². The Hall–Kier alpha value is -0.0900. The van der Waals surface area contributed by atoms with Gasteiger partial charge in [-0.15, -0.1) is 9.24 Å². The predicted molar refractivity (Wildman–Crippen MR) is 41.0 cm³/mol. The van der Waals surface area contributed by atoms with Gasteiger partial charge in [-0.1, -0.05) is 23.8 Å². The van der Waals surface area contributed by atoms with Crippen LogP contribution < -0.4 is 0 Å². The second-order valence-electron chi connectivity index (χ2n) is 1.96. The molecule has 0 nitrogen and oxygen atoms in total. The first-order valence-electron chi connectivity index (χ1n) is 2.99. The van der Waals surface area contributed by atoms with Crippen LogP contribution in [0.5, 0.6) is 0 Å². The van der Waals surface area contributed by atoms with Crippen molar-refractivity contribution in [2.75, 3.05) is 6.16 Å². The molecule has 0 heterocycles. The molecule has 1 rings (SSSR count). The van der Waals surface area contributed by atoms with Gasteiger partial charge in [-0.25, -0.2) is 0 Å². The van der Waals surface area contributed by atoms with Crippen LogP contribution in [0.3, 0.4) is 0 Å². The molecule has 1 atom stereocenters. The fourth-order valence-corrected chi connectivity index (χ4v) is 1.19. The third kappa shape index (κ3) is 1.45. The minimum Gasteiger partial charge on any atom is -0.137 e. The fourth-order valence-electron chi connectivity index (χ4n) is 0.859. The van der Waals surface area contributed by atoms with Gasteiger partial charge in [0, 0.05) is 0 Å². The van der Waals surface area contributed by atoms with Crippen molar-refractivity contribution in [3.63, 3.8) is 0 Å². The molecule has 0 spiro atoms. The molecule has 44 valence electrons. The summed E-state index contributed by atoms with van der Waals surface area (Å²) >= 11 is 0. The Morgan fingerprint density at radius 1 is 1.62 bits per heavy atom. The van der Waals surface area contributed by atoms with Gasteiger partial charge < -0.3 is 0 Å². The maximum Gasteiger partial charge on any atom is -0.0160 e. The highest BCUT2D eigenvalue weighted by atomic mass is 31.0. The van der Waals surface area contributed by atoms with E-state index in [-0.39, 0.29) is 0 Å². The largest absolute Gasteiger partial charge is 0.137 e. The molecular formula is C7H11P. The molecule has 1 unspecified atom stereocenters. The van der Waals surface area contributed by atoms with Gasteiger partial charge in [0.05, 0.1) is 0 Å². The topological polar surface area (TPSA) is 0 Å². The summed E-state index contributed by atoms with van der Waals surface area (Å²) in [5.41, 5.74) is 1.50. The molecule has 0 saturated carbocycles. The molecular weight excluding hydrogens is 115 g/mol. The normalized spacial score (nSPS) is 16.9. The van der Waals surface area contributed by atoms with E-state index in [1.165, 1.54) is 18.2 Å². The molecule has 0 bridgehead atoms. The van der Waals surface area contributed by atoms with Crippen molar-refractivity contribution >= 4 is 9.24 Å². The maximum atomic E-state index is 2.73. The quantitative estimate of drug-likeness (QED) is 0.497. The van der Waals surface area contributed by atoms with Crippen molar-refractivity contribution in [2.24, 2.45) is 0 Å². The summed E-state index contributed by atoms with van der Waals surface area (Å²) in [6.45, 7) is 0. The lowest BCUT2D eigenvalue weighted by molar-refractivity contribution is 1.17. The maximum absolute atomic E-state index is 2.73. The van der Waals surface area contributed by atoms with Crippen LogP contribution in [0.1, 0.15) is 12.8 Å². The lowest BCUT2D eigenvalue weighted by Crippen LogP contribution is -1.74. The van der Waals surface area contributed by atoms with Crippen molar-refractivity contribution < 1.29 is 0 Å². The molecule has 0 N–H and O–H groups in total. The Labute approximate surface area is 52.9 Å². The molecule has 0 amide bonds. The first kappa shape index (κ1) is 6.04. The van der Waals surface area contributed by atoms with E-state index in [1.807, 2.05) is 0 Å². The van der Waals surface area contributed by atoms with E-state index in [4.69, 9.17) is 0 Å². The molecule has 1 aliphatic carbocycles. The zero-order valence-corrected chi connectivity index (χ0v) is 6.09. The summed E-state index contributed by atoms with van der Waals surface area (Å²) in [5.74, 6) is 0. The third-order valence-corrected chi connectivity index (χ3v) is 1.57.